The van der Waals surface area contributed by atoms with Gasteiger partial charge in [-0.25, -0.2) is 0 Å². The zero-order valence-corrected chi connectivity index (χ0v) is 30.3. The van der Waals surface area contributed by atoms with Gasteiger partial charge in [-0.05, 0) is 114 Å². The third-order valence-electron chi connectivity index (χ3n) is 10.6. The summed E-state index contributed by atoms with van der Waals surface area (Å²) in [4.78, 5) is 0. The maximum atomic E-state index is 2.46. The van der Waals surface area contributed by atoms with E-state index in [1.165, 1.54) is 83.5 Å². The van der Waals surface area contributed by atoms with Gasteiger partial charge in [-0.15, -0.1) is 0 Å². The molecule has 1 aliphatic carbocycles. The summed E-state index contributed by atoms with van der Waals surface area (Å²) >= 11 is 0. The molecule has 0 fully saturated rings. The first kappa shape index (κ1) is 33.2. The van der Waals surface area contributed by atoms with E-state index in [1.54, 1.807) is 0 Å². The van der Waals surface area contributed by atoms with Crippen LogP contribution in [0.15, 0.2) is 182 Å². The minimum Gasteiger partial charge on any atom is -0.0651 e. The molecule has 52 heavy (non-hydrogen) atoms. The second kappa shape index (κ2) is 14.3. The molecule has 0 saturated heterocycles. The number of hydrogen-bond acceptors (Lipinski definition) is 0. The van der Waals surface area contributed by atoms with Gasteiger partial charge in [0, 0.05) is 5.41 Å². The highest BCUT2D eigenvalue weighted by molar-refractivity contribution is 5.95. The Hall–Kier alpha value is -5.98. The number of rotatable bonds is 9. The standard InChI is InChI=1S/C52H44/c1-4-17-41(38-20-11-6-12-21-38)33-45(32-37-18-9-5-10-19-37)43-27-30-47-48-31-28-44(36-51(48)52(2,3)50(47)35-43)49-34-42(39-22-13-7-14-23-39)26-29-46(49)40-24-15-8-16-25-40/h5-16,18-36H,4,17H2,1-3H3/b41-33+,45-32-. The van der Waals surface area contributed by atoms with Crippen molar-refractivity contribution in [1.29, 1.82) is 0 Å². The monoisotopic (exact) mass is 668 g/mol. The van der Waals surface area contributed by atoms with Crippen LogP contribution in [0, 0.1) is 0 Å². The molecule has 0 heteroatoms. The first-order valence-electron chi connectivity index (χ1n) is 18.6. The fourth-order valence-electron chi connectivity index (χ4n) is 7.89. The minimum atomic E-state index is -0.173. The summed E-state index contributed by atoms with van der Waals surface area (Å²) in [5.41, 5.74) is 19.0. The molecule has 7 aromatic carbocycles. The Balaban J connectivity index is 1.24. The molecule has 8 rings (SSSR count). The van der Waals surface area contributed by atoms with Crippen molar-refractivity contribution in [2.75, 3.05) is 0 Å². The van der Waals surface area contributed by atoms with Crippen molar-refractivity contribution in [3.8, 4) is 44.5 Å². The maximum absolute atomic E-state index is 2.46. The van der Waals surface area contributed by atoms with E-state index in [9.17, 15) is 0 Å². The van der Waals surface area contributed by atoms with Crippen molar-refractivity contribution >= 4 is 17.2 Å². The van der Waals surface area contributed by atoms with Crippen molar-refractivity contribution in [3.63, 3.8) is 0 Å². The highest BCUT2D eigenvalue weighted by Gasteiger charge is 2.36. The Bertz CT molecular complexity index is 2390. The smallest absolute Gasteiger partial charge is 0.0159 e. The molecule has 0 nitrogen and oxygen atoms in total. The van der Waals surface area contributed by atoms with Gasteiger partial charge in [0.05, 0.1) is 0 Å². The zero-order valence-electron chi connectivity index (χ0n) is 30.3. The second-order valence-corrected chi connectivity index (χ2v) is 14.4. The Morgan fingerprint density at radius 2 is 1.02 bits per heavy atom. The van der Waals surface area contributed by atoms with E-state index in [4.69, 9.17) is 0 Å². The van der Waals surface area contributed by atoms with Gasteiger partial charge >= 0.3 is 0 Å². The number of fused-ring (bicyclic) bond motifs is 3. The average Bonchev–Trinajstić information content (AvgIpc) is 3.43. The first-order valence-corrected chi connectivity index (χ1v) is 18.6. The van der Waals surface area contributed by atoms with Crippen LogP contribution in [0.4, 0.5) is 0 Å². The fourth-order valence-corrected chi connectivity index (χ4v) is 7.89. The Kier molecular flexibility index (Phi) is 9.14. The lowest BCUT2D eigenvalue weighted by molar-refractivity contribution is 0.660. The topological polar surface area (TPSA) is 0 Å². The Morgan fingerprint density at radius 1 is 0.462 bits per heavy atom. The van der Waals surface area contributed by atoms with Crippen molar-refractivity contribution < 1.29 is 0 Å². The number of hydrogen-bond donors (Lipinski definition) is 0. The molecule has 0 bridgehead atoms. The molecule has 252 valence electrons. The third kappa shape index (κ3) is 6.49. The summed E-state index contributed by atoms with van der Waals surface area (Å²) in [6.07, 6.45) is 6.88. The van der Waals surface area contributed by atoms with Crippen LogP contribution in [0.25, 0.3) is 61.7 Å². The largest absolute Gasteiger partial charge is 0.0651 e. The molecule has 0 spiro atoms. The van der Waals surface area contributed by atoms with Gasteiger partial charge < -0.3 is 0 Å². The number of benzene rings is 7. The molecule has 1 aliphatic rings. The Labute approximate surface area is 309 Å². The SMILES string of the molecule is CCC/C(=C\C(=C\c1ccccc1)c1ccc2c(c1)C(C)(C)c1cc(-c3cc(-c4ccccc4)ccc3-c3ccccc3)ccc1-2)c1ccccc1. The summed E-state index contributed by atoms with van der Waals surface area (Å²) in [6, 6.07) is 64.3. The fraction of sp³-hybridized carbons (Fsp3) is 0.115. The summed E-state index contributed by atoms with van der Waals surface area (Å²) < 4.78 is 0. The van der Waals surface area contributed by atoms with E-state index in [2.05, 4.69) is 209 Å². The summed E-state index contributed by atoms with van der Waals surface area (Å²) in [5.74, 6) is 0. The second-order valence-electron chi connectivity index (χ2n) is 14.4. The average molecular weight is 669 g/mol. The van der Waals surface area contributed by atoms with E-state index in [-0.39, 0.29) is 5.41 Å². The quantitative estimate of drug-likeness (QED) is 0.106. The van der Waals surface area contributed by atoms with Crippen molar-refractivity contribution in [3.05, 3.63) is 210 Å². The highest BCUT2D eigenvalue weighted by Crippen LogP contribution is 2.51. The first-order chi connectivity index (χ1) is 25.5. The van der Waals surface area contributed by atoms with Crippen LogP contribution in [0.1, 0.15) is 61.4 Å². The van der Waals surface area contributed by atoms with Crippen LogP contribution in [0.3, 0.4) is 0 Å². The molecule has 0 atom stereocenters. The van der Waals surface area contributed by atoms with Crippen molar-refractivity contribution in [2.24, 2.45) is 0 Å². The van der Waals surface area contributed by atoms with Crippen molar-refractivity contribution in [2.45, 2.75) is 39.0 Å². The molecular weight excluding hydrogens is 625 g/mol. The predicted molar refractivity (Wildman–Crippen MR) is 224 cm³/mol. The van der Waals surface area contributed by atoms with Crippen LogP contribution < -0.4 is 0 Å². The molecule has 0 radical (unpaired) electrons. The molecule has 0 saturated carbocycles. The highest BCUT2D eigenvalue weighted by atomic mass is 14.4. The molecule has 7 aromatic rings. The molecule has 0 heterocycles. The van der Waals surface area contributed by atoms with Crippen LogP contribution in [0.2, 0.25) is 0 Å². The summed E-state index contributed by atoms with van der Waals surface area (Å²) in [5, 5.41) is 0. The lowest BCUT2D eigenvalue weighted by Crippen LogP contribution is -2.15. The molecular formula is C52H44. The van der Waals surface area contributed by atoms with E-state index in [0.29, 0.717) is 0 Å². The van der Waals surface area contributed by atoms with Gasteiger partial charge in [-0.1, -0.05) is 191 Å². The molecule has 0 aliphatic heterocycles. The lowest BCUT2D eigenvalue weighted by atomic mass is 9.80. The lowest BCUT2D eigenvalue weighted by Gasteiger charge is -2.23. The predicted octanol–water partition coefficient (Wildman–Crippen LogP) is 14.4. The zero-order chi connectivity index (χ0) is 35.5. The third-order valence-corrected chi connectivity index (χ3v) is 10.6. The normalized spacial score (nSPS) is 13.4. The van der Waals surface area contributed by atoms with Crippen molar-refractivity contribution in [1.82, 2.24) is 0 Å². The van der Waals surface area contributed by atoms with Gasteiger partial charge in [0.1, 0.15) is 0 Å². The molecule has 0 aromatic heterocycles. The van der Waals surface area contributed by atoms with Gasteiger partial charge in [0.25, 0.3) is 0 Å². The van der Waals surface area contributed by atoms with Crippen LogP contribution >= 0.6 is 0 Å². The van der Waals surface area contributed by atoms with Gasteiger partial charge in [0.2, 0.25) is 0 Å². The van der Waals surface area contributed by atoms with Gasteiger partial charge in [0.15, 0.2) is 0 Å². The van der Waals surface area contributed by atoms with E-state index in [1.807, 2.05) is 0 Å². The van der Waals surface area contributed by atoms with E-state index >= 15 is 0 Å². The maximum Gasteiger partial charge on any atom is 0.0159 e. The number of allylic oxidation sites excluding steroid dienone is 3. The van der Waals surface area contributed by atoms with Crippen LogP contribution in [-0.4, -0.2) is 0 Å². The van der Waals surface area contributed by atoms with E-state index in [0.717, 1.165) is 12.8 Å². The Morgan fingerprint density at radius 3 is 1.69 bits per heavy atom. The summed E-state index contributed by atoms with van der Waals surface area (Å²) in [6.45, 7) is 7.06. The molecule has 0 unspecified atom stereocenters. The molecule has 0 N–H and O–H groups in total. The van der Waals surface area contributed by atoms with Crippen LogP contribution in [-0.2, 0) is 5.41 Å². The van der Waals surface area contributed by atoms with Crippen LogP contribution in [0.5, 0.6) is 0 Å². The van der Waals surface area contributed by atoms with Gasteiger partial charge in [-0.3, -0.25) is 0 Å². The molecule has 0 amide bonds. The van der Waals surface area contributed by atoms with Gasteiger partial charge in [-0.2, -0.15) is 0 Å². The summed E-state index contributed by atoms with van der Waals surface area (Å²) in [7, 11) is 0. The van der Waals surface area contributed by atoms with E-state index < -0.39 is 0 Å². The minimum absolute atomic E-state index is 0.173.